The monoisotopic (exact) mass is 399 g/mol. The normalized spacial score (nSPS) is 23.5. The second-order valence-corrected chi connectivity index (χ2v) is 7.36. The molecule has 0 amide bonds. The van der Waals surface area contributed by atoms with Gasteiger partial charge in [-0.1, -0.05) is 40.2 Å². The number of hydrogen-bond acceptors (Lipinski definition) is 4. The molecule has 2 N–H and O–H groups in total. The highest BCUT2D eigenvalue weighted by atomic mass is 79.9. The summed E-state index contributed by atoms with van der Waals surface area (Å²) in [6, 6.07) is 11.1. The van der Waals surface area contributed by atoms with Gasteiger partial charge in [0.25, 0.3) is 0 Å². The van der Waals surface area contributed by atoms with Crippen LogP contribution in [0.1, 0.15) is 39.9 Å². The SMILES string of the molecule is COC(=O)c1cccc2c1NC(c1cc(Br)ccc1O)C1CC=CC21. The highest BCUT2D eigenvalue weighted by Gasteiger charge is 2.40. The number of para-hydroxylation sites is 1. The number of carbonyl (C=O) groups excluding carboxylic acids is 1. The molecule has 0 radical (unpaired) electrons. The third-order valence-electron chi connectivity index (χ3n) is 5.13. The number of anilines is 1. The molecule has 0 saturated carbocycles. The maximum atomic E-state index is 12.2. The first-order chi connectivity index (χ1) is 12.1. The van der Waals surface area contributed by atoms with E-state index in [4.69, 9.17) is 4.74 Å². The predicted octanol–water partition coefficient (Wildman–Crippen LogP) is 4.77. The molecule has 2 aromatic rings. The summed E-state index contributed by atoms with van der Waals surface area (Å²) in [6.07, 6.45) is 5.31. The molecule has 0 fully saturated rings. The van der Waals surface area contributed by atoms with E-state index >= 15 is 0 Å². The molecule has 4 rings (SSSR count). The Kier molecular flexibility index (Phi) is 4.04. The Balaban J connectivity index is 1.86. The molecule has 0 aromatic heterocycles. The van der Waals surface area contributed by atoms with Crippen molar-refractivity contribution >= 4 is 27.6 Å². The van der Waals surface area contributed by atoms with Gasteiger partial charge in [0.15, 0.2) is 0 Å². The van der Waals surface area contributed by atoms with E-state index < -0.39 is 0 Å². The van der Waals surface area contributed by atoms with Crippen molar-refractivity contribution in [2.45, 2.75) is 18.4 Å². The number of rotatable bonds is 2. The van der Waals surface area contributed by atoms with Gasteiger partial charge >= 0.3 is 5.97 Å². The first kappa shape index (κ1) is 16.2. The number of ether oxygens (including phenoxy) is 1. The van der Waals surface area contributed by atoms with Crippen LogP contribution >= 0.6 is 15.9 Å². The molecule has 2 aliphatic rings. The average Bonchev–Trinajstić information content (AvgIpc) is 3.12. The summed E-state index contributed by atoms with van der Waals surface area (Å²) in [5, 5.41) is 13.9. The summed E-state index contributed by atoms with van der Waals surface area (Å²) in [4.78, 5) is 12.2. The Bertz CT molecular complexity index is 877. The van der Waals surface area contributed by atoms with E-state index in [1.54, 1.807) is 12.1 Å². The van der Waals surface area contributed by atoms with E-state index in [9.17, 15) is 9.90 Å². The van der Waals surface area contributed by atoms with Crippen LogP contribution in [0.15, 0.2) is 53.0 Å². The fourth-order valence-electron chi connectivity index (χ4n) is 3.98. The van der Waals surface area contributed by atoms with Crippen molar-refractivity contribution in [2.24, 2.45) is 5.92 Å². The summed E-state index contributed by atoms with van der Waals surface area (Å²) in [6.45, 7) is 0. The third kappa shape index (κ3) is 2.63. The van der Waals surface area contributed by atoms with Crippen LogP contribution in [0.4, 0.5) is 5.69 Å². The van der Waals surface area contributed by atoms with E-state index in [-0.39, 0.29) is 23.7 Å². The van der Waals surface area contributed by atoms with Crippen molar-refractivity contribution in [1.29, 1.82) is 0 Å². The average molecular weight is 400 g/mol. The molecule has 25 heavy (non-hydrogen) atoms. The lowest BCUT2D eigenvalue weighted by Gasteiger charge is -2.38. The quantitative estimate of drug-likeness (QED) is 0.564. The number of hydrogen-bond donors (Lipinski definition) is 2. The summed E-state index contributed by atoms with van der Waals surface area (Å²) in [7, 11) is 1.39. The largest absolute Gasteiger partial charge is 0.508 e. The summed E-state index contributed by atoms with van der Waals surface area (Å²) in [5.41, 5.74) is 3.26. The number of benzene rings is 2. The zero-order valence-electron chi connectivity index (χ0n) is 13.7. The van der Waals surface area contributed by atoms with Crippen LogP contribution in [-0.2, 0) is 4.74 Å². The van der Waals surface area contributed by atoms with Gasteiger partial charge in [0, 0.05) is 16.0 Å². The number of methoxy groups -OCH3 is 1. The van der Waals surface area contributed by atoms with Gasteiger partial charge in [-0.15, -0.1) is 0 Å². The number of nitrogens with one attached hydrogen (secondary N) is 1. The second kappa shape index (κ2) is 6.23. The molecule has 1 heterocycles. The predicted molar refractivity (Wildman–Crippen MR) is 99.9 cm³/mol. The number of halogens is 1. The Morgan fingerprint density at radius 1 is 1.28 bits per heavy atom. The second-order valence-electron chi connectivity index (χ2n) is 6.44. The first-order valence-corrected chi connectivity index (χ1v) is 9.02. The summed E-state index contributed by atoms with van der Waals surface area (Å²) in [5.74, 6) is 0.400. The molecule has 1 aliphatic heterocycles. The lowest BCUT2D eigenvalue weighted by Crippen LogP contribution is -2.30. The van der Waals surface area contributed by atoms with Gasteiger partial charge in [0.2, 0.25) is 0 Å². The van der Waals surface area contributed by atoms with Gasteiger partial charge in [0.05, 0.1) is 24.4 Å². The van der Waals surface area contributed by atoms with Crippen molar-refractivity contribution in [3.8, 4) is 5.75 Å². The van der Waals surface area contributed by atoms with E-state index in [0.29, 0.717) is 11.5 Å². The van der Waals surface area contributed by atoms with E-state index in [1.165, 1.54) is 7.11 Å². The van der Waals surface area contributed by atoms with Crippen LogP contribution in [0, 0.1) is 5.92 Å². The summed E-state index contributed by atoms with van der Waals surface area (Å²) >= 11 is 3.49. The van der Waals surface area contributed by atoms with E-state index in [1.807, 2.05) is 18.2 Å². The molecule has 5 heteroatoms. The number of esters is 1. The Morgan fingerprint density at radius 2 is 2.12 bits per heavy atom. The highest BCUT2D eigenvalue weighted by molar-refractivity contribution is 9.10. The molecule has 2 aromatic carbocycles. The molecular formula is C20H18BrNO3. The topological polar surface area (TPSA) is 58.6 Å². The van der Waals surface area contributed by atoms with Gasteiger partial charge in [-0.3, -0.25) is 0 Å². The van der Waals surface area contributed by atoms with Crippen molar-refractivity contribution < 1.29 is 14.6 Å². The third-order valence-corrected chi connectivity index (χ3v) is 5.62. The fourth-order valence-corrected chi connectivity index (χ4v) is 4.36. The number of aromatic hydroxyl groups is 1. The Labute approximate surface area is 154 Å². The zero-order chi connectivity index (χ0) is 17.6. The van der Waals surface area contributed by atoms with E-state index in [2.05, 4.69) is 39.5 Å². The van der Waals surface area contributed by atoms with Gasteiger partial charge < -0.3 is 15.2 Å². The molecule has 3 atom stereocenters. The van der Waals surface area contributed by atoms with Crippen LogP contribution in [0.2, 0.25) is 0 Å². The first-order valence-electron chi connectivity index (χ1n) is 8.23. The summed E-state index contributed by atoms with van der Waals surface area (Å²) < 4.78 is 5.86. The van der Waals surface area contributed by atoms with Crippen LogP contribution in [0.3, 0.4) is 0 Å². The number of carbonyl (C=O) groups is 1. The molecule has 0 saturated heterocycles. The standard InChI is InChI=1S/C20H18BrNO3/c1-25-20(24)15-7-3-6-13-12-4-2-5-14(12)19(22-18(13)15)16-10-11(21)8-9-17(16)23/h2-4,6-10,12,14,19,22-23H,5H2,1H3. The van der Waals surface area contributed by atoms with Gasteiger partial charge in [0.1, 0.15) is 5.75 Å². The van der Waals surface area contributed by atoms with Crippen molar-refractivity contribution in [2.75, 3.05) is 12.4 Å². The van der Waals surface area contributed by atoms with Crippen LogP contribution in [0.5, 0.6) is 5.75 Å². The minimum absolute atomic E-state index is 0.0872. The molecule has 128 valence electrons. The number of allylic oxidation sites excluding steroid dienone is 2. The van der Waals surface area contributed by atoms with Crippen LogP contribution in [0.25, 0.3) is 0 Å². The molecule has 3 unspecified atom stereocenters. The number of phenols is 1. The van der Waals surface area contributed by atoms with Crippen LogP contribution < -0.4 is 5.32 Å². The highest BCUT2D eigenvalue weighted by Crippen LogP contribution is 2.52. The minimum Gasteiger partial charge on any atom is -0.508 e. The number of phenolic OH excluding ortho intramolecular Hbond substituents is 1. The maximum absolute atomic E-state index is 12.2. The molecule has 0 bridgehead atoms. The minimum atomic E-state index is -0.359. The number of fused-ring (bicyclic) bond motifs is 3. The van der Waals surface area contributed by atoms with Gasteiger partial charge in [-0.2, -0.15) is 0 Å². The van der Waals surface area contributed by atoms with E-state index in [0.717, 1.165) is 27.7 Å². The van der Waals surface area contributed by atoms with Gasteiger partial charge in [-0.05, 0) is 42.2 Å². The van der Waals surface area contributed by atoms with Crippen molar-refractivity contribution in [3.63, 3.8) is 0 Å². The Hall–Kier alpha value is -2.27. The lowest BCUT2D eigenvalue weighted by molar-refractivity contribution is 0.0601. The Morgan fingerprint density at radius 3 is 2.92 bits per heavy atom. The van der Waals surface area contributed by atoms with Gasteiger partial charge in [-0.25, -0.2) is 4.79 Å². The van der Waals surface area contributed by atoms with Crippen LogP contribution in [-0.4, -0.2) is 18.2 Å². The maximum Gasteiger partial charge on any atom is 0.339 e. The molecule has 4 nitrogen and oxygen atoms in total. The molecule has 1 aliphatic carbocycles. The molecular weight excluding hydrogens is 382 g/mol. The lowest BCUT2D eigenvalue weighted by atomic mass is 9.76. The van der Waals surface area contributed by atoms with Crippen molar-refractivity contribution in [1.82, 2.24) is 0 Å². The fraction of sp³-hybridized carbons (Fsp3) is 0.250. The molecule has 0 spiro atoms. The van der Waals surface area contributed by atoms with Crippen molar-refractivity contribution in [3.05, 3.63) is 69.7 Å². The zero-order valence-corrected chi connectivity index (χ0v) is 15.3. The smallest absolute Gasteiger partial charge is 0.339 e.